The molecule has 0 radical (unpaired) electrons. The van der Waals surface area contributed by atoms with E-state index in [2.05, 4.69) is 22.5 Å². The Morgan fingerprint density at radius 1 is 0.804 bits per heavy atom. The summed E-state index contributed by atoms with van der Waals surface area (Å²) < 4.78 is 16.4. The van der Waals surface area contributed by atoms with Crippen LogP contribution < -0.4 is 10.6 Å². The predicted octanol–water partition coefficient (Wildman–Crippen LogP) is 6.98. The molecule has 5 rings (SSSR count). The zero-order valence-electron chi connectivity index (χ0n) is 33.4. The lowest BCUT2D eigenvalue weighted by molar-refractivity contribution is -0.132. The molecule has 0 unspecified atom stereocenters. The van der Waals surface area contributed by atoms with Gasteiger partial charge in [-0.1, -0.05) is 54.3 Å². The first-order valence-corrected chi connectivity index (χ1v) is 18.8. The van der Waals surface area contributed by atoms with Crippen molar-refractivity contribution in [2.24, 2.45) is 0 Å². The summed E-state index contributed by atoms with van der Waals surface area (Å²) in [5.74, 6) is 4.91. The molecule has 0 aromatic heterocycles. The van der Waals surface area contributed by atoms with Crippen LogP contribution in [0.15, 0.2) is 78.9 Å². The number of alkyl carbamates (subject to hydrolysis) is 1. The monoisotopic (exact) mass is 764 g/mol. The Balaban J connectivity index is 1.29. The van der Waals surface area contributed by atoms with Gasteiger partial charge in [-0.25, -0.2) is 19.3 Å². The number of carbonyl (C=O) groups excluding carboxylic acids is 5. The number of imide groups is 1. The number of hydrogen-bond donors (Lipinski definition) is 2. The lowest BCUT2D eigenvalue weighted by Gasteiger charge is -2.37. The minimum Gasteiger partial charge on any atom is -0.447 e. The number of nitrogens with one attached hydrogen (secondary N) is 2. The molecule has 3 aromatic carbocycles. The van der Waals surface area contributed by atoms with Gasteiger partial charge in [-0.2, -0.15) is 0 Å². The number of ether oxygens (including phenoxy) is 3. The first kappa shape index (κ1) is 41.3. The Hall–Kier alpha value is -5.83. The second-order valence-electron chi connectivity index (χ2n) is 16.7. The quantitative estimate of drug-likeness (QED) is 0.166. The van der Waals surface area contributed by atoms with Crippen LogP contribution in [-0.4, -0.2) is 81.4 Å². The highest BCUT2D eigenvalue weighted by Gasteiger charge is 2.47. The molecular weight excluding hydrogens is 713 g/mol. The van der Waals surface area contributed by atoms with E-state index >= 15 is 0 Å². The predicted molar refractivity (Wildman–Crippen MR) is 210 cm³/mol. The number of benzene rings is 3. The molecule has 1 saturated heterocycles. The van der Waals surface area contributed by atoms with E-state index in [-0.39, 0.29) is 24.3 Å². The zero-order valence-corrected chi connectivity index (χ0v) is 33.4. The summed E-state index contributed by atoms with van der Waals surface area (Å²) in [5, 5.41) is 5.48. The van der Waals surface area contributed by atoms with Crippen molar-refractivity contribution < 1.29 is 38.2 Å². The van der Waals surface area contributed by atoms with Crippen LogP contribution in [0.5, 0.6) is 0 Å². The second-order valence-corrected chi connectivity index (χ2v) is 16.7. The normalized spacial score (nSPS) is 16.1. The fourth-order valence-corrected chi connectivity index (χ4v) is 6.10. The van der Waals surface area contributed by atoms with Gasteiger partial charge in [0.2, 0.25) is 0 Å². The van der Waals surface area contributed by atoms with Gasteiger partial charge in [0.05, 0.1) is 11.6 Å². The van der Waals surface area contributed by atoms with E-state index in [1.807, 2.05) is 75.4 Å². The molecule has 1 aliphatic heterocycles. The van der Waals surface area contributed by atoms with E-state index < -0.39 is 52.8 Å². The lowest BCUT2D eigenvalue weighted by atomic mass is 9.92. The molecule has 1 heterocycles. The van der Waals surface area contributed by atoms with Crippen LogP contribution in [0.2, 0.25) is 0 Å². The number of amides is 5. The smallest absolute Gasteiger partial charge is 0.417 e. The third-order valence-corrected chi connectivity index (χ3v) is 9.00. The highest BCUT2D eigenvalue weighted by atomic mass is 16.6. The Kier molecular flexibility index (Phi) is 12.5. The van der Waals surface area contributed by atoms with E-state index in [1.54, 1.807) is 63.8 Å². The van der Waals surface area contributed by atoms with Crippen LogP contribution in [0, 0.1) is 11.8 Å². The summed E-state index contributed by atoms with van der Waals surface area (Å²) in [6.07, 6.45) is 0.345. The van der Waals surface area contributed by atoms with Gasteiger partial charge in [-0.15, -0.1) is 0 Å². The van der Waals surface area contributed by atoms with E-state index in [1.165, 1.54) is 0 Å². The van der Waals surface area contributed by atoms with Gasteiger partial charge >= 0.3 is 18.3 Å². The standard InChI is InChI=1S/C44H52N4O8/c1-42(2,3)55-39(51)46-44(7,8)36(38(50)48-35(28-54-41(48)53)26-31-12-10-9-11-13-31)45-37(49)33-22-20-30(21-23-33)15-14-29-16-18-32(19-17-29)27-47(34-24-25-34)40(52)56-43(4,5)6/h9-13,16-23,34-36H,24-28H2,1-8H3,(H,45,49)(H,46,51)/t35-,36-/m1/s1. The van der Waals surface area contributed by atoms with Crippen molar-refractivity contribution in [1.29, 1.82) is 0 Å². The number of carbonyl (C=O) groups is 5. The van der Waals surface area contributed by atoms with Crippen molar-refractivity contribution in [3.05, 3.63) is 107 Å². The molecule has 2 aliphatic rings. The Morgan fingerprint density at radius 2 is 1.38 bits per heavy atom. The summed E-state index contributed by atoms with van der Waals surface area (Å²) >= 11 is 0. The summed E-state index contributed by atoms with van der Waals surface area (Å²) in [5.41, 5.74) is 0.730. The number of nitrogens with zero attached hydrogens (tertiary/aromatic N) is 2. The van der Waals surface area contributed by atoms with Crippen LogP contribution in [0.25, 0.3) is 0 Å². The highest BCUT2D eigenvalue weighted by molar-refractivity contribution is 6.02. The van der Waals surface area contributed by atoms with Crippen LogP contribution in [-0.2, 0) is 32.0 Å². The summed E-state index contributed by atoms with van der Waals surface area (Å²) in [7, 11) is 0. The maximum atomic E-state index is 14.3. The molecular formula is C44H52N4O8. The van der Waals surface area contributed by atoms with Crippen molar-refractivity contribution in [2.75, 3.05) is 6.61 Å². The fraction of sp³-hybridized carbons (Fsp3) is 0.432. The highest BCUT2D eigenvalue weighted by Crippen LogP contribution is 2.30. The Bertz CT molecular complexity index is 1970. The molecule has 12 nitrogen and oxygen atoms in total. The van der Waals surface area contributed by atoms with Gasteiger partial charge < -0.3 is 29.7 Å². The summed E-state index contributed by atoms with van der Waals surface area (Å²) in [6, 6.07) is 21.8. The van der Waals surface area contributed by atoms with E-state index in [9.17, 15) is 24.0 Å². The Morgan fingerprint density at radius 3 is 1.93 bits per heavy atom. The van der Waals surface area contributed by atoms with Gasteiger partial charge in [0.1, 0.15) is 23.9 Å². The number of hydrogen-bond acceptors (Lipinski definition) is 8. The number of rotatable bonds is 10. The molecule has 1 aliphatic carbocycles. The molecule has 5 amide bonds. The van der Waals surface area contributed by atoms with Crippen molar-refractivity contribution in [2.45, 2.75) is 116 Å². The minimum absolute atomic E-state index is 0.0141. The van der Waals surface area contributed by atoms with Crippen molar-refractivity contribution in [1.82, 2.24) is 20.4 Å². The average Bonchev–Trinajstić information content (AvgIpc) is 3.89. The molecule has 296 valence electrons. The molecule has 12 heteroatoms. The first-order valence-electron chi connectivity index (χ1n) is 18.8. The molecule has 2 atom stereocenters. The van der Waals surface area contributed by atoms with Crippen molar-refractivity contribution in [3.8, 4) is 11.8 Å². The molecule has 0 bridgehead atoms. The topological polar surface area (TPSA) is 144 Å². The van der Waals surface area contributed by atoms with Crippen LogP contribution in [0.4, 0.5) is 14.4 Å². The molecule has 56 heavy (non-hydrogen) atoms. The van der Waals surface area contributed by atoms with E-state index in [4.69, 9.17) is 14.2 Å². The van der Waals surface area contributed by atoms with Gasteiger partial charge in [0, 0.05) is 29.3 Å². The van der Waals surface area contributed by atoms with Crippen LogP contribution in [0.1, 0.15) is 101 Å². The van der Waals surface area contributed by atoms with Crippen LogP contribution in [0.3, 0.4) is 0 Å². The van der Waals surface area contributed by atoms with Gasteiger partial charge in [0.15, 0.2) is 0 Å². The van der Waals surface area contributed by atoms with Gasteiger partial charge in [-0.05, 0) is 122 Å². The van der Waals surface area contributed by atoms with Crippen molar-refractivity contribution in [3.63, 3.8) is 0 Å². The molecule has 1 saturated carbocycles. The maximum Gasteiger partial charge on any atom is 0.417 e. The molecule has 2 N–H and O–H groups in total. The summed E-state index contributed by atoms with van der Waals surface area (Å²) in [6.45, 7) is 14.3. The summed E-state index contributed by atoms with van der Waals surface area (Å²) in [4.78, 5) is 69.5. The maximum absolute atomic E-state index is 14.3. The SMILES string of the molecule is CC(C)(C)OC(=O)NC(C)(C)[C@H](NC(=O)c1ccc(C#Cc2ccc(CN(C(=O)OC(C)(C)C)C3CC3)cc2)cc1)C(=O)N1C(=O)OC[C@H]1Cc1ccccc1. The minimum atomic E-state index is -1.41. The van der Waals surface area contributed by atoms with E-state index in [0.717, 1.165) is 34.4 Å². The largest absolute Gasteiger partial charge is 0.447 e. The fourth-order valence-electron chi connectivity index (χ4n) is 6.10. The van der Waals surface area contributed by atoms with Gasteiger partial charge in [0.25, 0.3) is 11.8 Å². The average molecular weight is 765 g/mol. The van der Waals surface area contributed by atoms with Crippen molar-refractivity contribution >= 4 is 30.1 Å². The third-order valence-electron chi connectivity index (χ3n) is 9.00. The third kappa shape index (κ3) is 11.6. The Labute approximate surface area is 329 Å². The molecule has 2 fully saturated rings. The second kappa shape index (κ2) is 16.9. The first-order chi connectivity index (χ1) is 26.3. The zero-order chi connectivity index (χ0) is 40.8. The molecule has 0 spiro atoms. The van der Waals surface area contributed by atoms with Crippen LogP contribution >= 0.6 is 0 Å². The molecule has 3 aromatic rings. The van der Waals surface area contributed by atoms with E-state index in [0.29, 0.717) is 18.5 Å². The lowest BCUT2D eigenvalue weighted by Crippen LogP contribution is -2.66. The van der Waals surface area contributed by atoms with Gasteiger partial charge in [-0.3, -0.25) is 9.59 Å². The number of cyclic esters (lactones) is 1.